The van der Waals surface area contributed by atoms with Crippen molar-refractivity contribution >= 4 is 22.8 Å². The largest absolute Gasteiger partial charge is 0.480 e. The lowest BCUT2D eigenvalue weighted by molar-refractivity contribution is -0.144. The van der Waals surface area contributed by atoms with Crippen molar-refractivity contribution in [2.24, 2.45) is 5.73 Å². The number of benzene rings is 2. The Bertz CT molecular complexity index is 1050. The average Bonchev–Trinajstić information content (AvgIpc) is 3.07. The minimum absolute atomic E-state index is 0.167. The molecule has 0 fully saturated rings. The number of fused-ring (bicyclic) bond motifs is 1. The van der Waals surface area contributed by atoms with Crippen molar-refractivity contribution in [2.75, 3.05) is 0 Å². The molecule has 0 aliphatic carbocycles. The summed E-state index contributed by atoms with van der Waals surface area (Å²) in [6, 6.07) is 12.3. The molecule has 3 aromatic rings. The molecule has 0 aliphatic heterocycles. The second kappa shape index (κ2) is 8.58. The van der Waals surface area contributed by atoms with E-state index in [0.717, 1.165) is 5.56 Å². The summed E-state index contributed by atoms with van der Waals surface area (Å²) in [5.74, 6) is -2.20. The SMILES string of the molecule is NC(Cc1ccccc1)C(=O)NC(Cc1c(C(F)(F)F)[nH]c2ccccc12)C(=O)O. The number of nitrogens with two attached hydrogens (primary N) is 1. The highest BCUT2D eigenvalue weighted by Gasteiger charge is 2.38. The van der Waals surface area contributed by atoms with Gasteiger partial charge in [-0.3, -0.25) is 4.79 Å². The molecule has 2 aromatic carbocycles. The molecule has 5 N–H and O–H groups in total. The normalized spacial score (nSPS) is 13.7. The summed E-state index contributed by atoms with van der Waals surface area (Å²) < 4.78 is 40.5. The zero-order chi connectivity index (χ0) is 21.9. The van der Waals surface area contributed by atoms with E-state index in [9.17, 15) is 27.9 Å². The van der Waals surface area contributed by atoms with E-state index in [0.29, 0.717) is 0 Å². The fraction of sp³-hybridized carbons (Fsp3) is 0.238. The second-order valence-electron chi connectivity index (χ2n) is 6.92. The number of H-pyrrole nitrogens is 1. The topological polar surface area (TPSA) is 108 Å². The fourth-order valence-electron chi connectivity index (χ4n) is 3.30. The lowest BCUT2D eigenvalue weighted by Crippen LogP contribution is -2.50. The number of alkyl halides is 3. The van der Waals surface area contributed by atoms with Gasteiger partial charge in [-0.2, -0.15) is 13.2 Å². The number of carbonyl (C=O) groups is 2. The van der Waals surface area contributed by atoms with Gasteiger partial charge in [0.1, 0.15) is 11.7 Å². The van der Waals surface area contributed by atoms with E-state index < -0.39 is 42.3 Å². The Kier molecular flexibility index (Phi) is 6.12. The van der Waals surface area contributed by atoms with Crippen LogP contribution in [0.2, 0.25) is 0 Å². The number of nitrogens with one attached hydrogen (secondary N) is 2. The van der Waals surface area contributed by atoms with Gasteiger partial charge in [0.25, 0.3) is 0 Å². The van der Waals surface area contributed by atoms with Crippen LogP contribution in [0.3, 0.4) is 0 Å². The van der Waals surface area contributed by atoms with Crippen LogP contribution in [0.5, 0.6) is 0 Å². The number of carboxylic acids is 1. The second-order valence-corrected chi connectivity index (χ2v) is 6.92. The Morgan fingerprint density at radius 1 is 1.03 bits per heavy atom. The van der Waals surface area contributed by atoms with Crippen LogP contribution in [0.25, 0.3) is 10.9 Å². The fourth-order valence-corrected chi connectivity index (χ4v) is 3.30. The van der Waals surface area contributed by atoms with E-state index in [-0.39, 0.29) is 22.9 Å². The van der Waals surface area contributed by atoms with Crippen LogP contribution in [-0.2, 0) is 28.6 Å². The van der Waals surface area contributed by atoms with Crippen molar-refractivity contribution in [3.63, 3.8) is 0 Å². The van der Waals surface area contributed by atoms with Crippen LogP contribution in [0, 0.1) is 0 Å². The van der Waals surface area contributed by atoms with Crippen LogP contribution in [0.15, 0.2) is 54.6 Å². The Morgan fingerprint density at radius 3 is 2.30 bits per heavy atom. The number of hydrogen-bond donors (Lipinski definition) is 4. The number of halogens is 3. The quantitative estimate of drug-likeness (QED) is 0.472. The molecule has 9 heteroatoms. The Labute approximate surface area is 169 Å². The number of aromatic amines is 1. The van der Waals surface area contributed by atoms with Crippen molar-refractivity contribution in [3.8, 4) is 0 Å². The maximum Gasteiger partial charge on any atom is 0.431 e. The van der Waals surface area contributed by atoms with Crippen LogP contribution in [-0.4, -0.2) is 34.1 Å². The molecule has 1 heterocycles. The van der Waals surface area contributed by atoms with Gasteiger partial charge in [0.05, 0.1) is 6.04 Å². The maximum absolute atomic E-state index is 13.5. The maximum atomic E-state index is 13.5. The molecule has 0 saturated carbocycles. The van der Waals surface area contributed by atoms with Crippen molar-refractivity contribution in [3.05, 3.63) is 71.4 Å². The summed E-state index contributed by atoms with van der Waals surface area (Å²) in [5, 5.41) is 12.0. The summed E-state index contributed by atoms with van der Waals surface area (Å²) >= 11 is 0. The zero-order valence-corrected chi connectivity index (χ0v) is 15.7. The predicted molar refractivity (Wildman–Crippen MR) is 105 cm³/mol. The van der Waals surface area contributed by atoms with Crippen LogP contribution >= 0.6 is 0 Å². The number of hydrogen-bond acceptors (Lipinski definition) is 3. The van der Waals surface area contributed by atoms with Crippen LogP contribution in [0.4, 0.5) is 13.2 Å². The molecular formula is C21H20F3N3O3. The van der Waals surface area contributed by atoms with Crippen LogP contribution < -0.4 is 11.1 Å². The highest BCUT2D eigenvalue weighted by atomic mass is 19.4. The molecule has 2 atom stereocenters. The van der Waals surface area contributed by atoms with E-state index in [2.05, 4.69) is 10.3 Å². The first kappa shape index (κ1) is 21.4. The third-order valence-electron chi connectivity index (χ3n) is 4.76. The first-order valence-electron chi connectivity index (χ1n) is 9.16. The van der Waals surface area contributed by atoms with Gasteiger partial charge in [-0.25, -0.2) is 4.79 Å². The van der Waals surface area contributed by atoms with Crippen molar-refractivity contribution < 1.29 is 27.9 Å². The molecule has 158 valence electrons. The molecule has 0 spiro atoms. The first-order chi connectivity index (χ1) is 14.2. The van der Waals surface area contributed by atoms with E-state index in [1.54, 1.807) is 42.5 Å². The molecule has 6 nitrogen and oxygen atoms in total. The molecule has 0 aliphatic rings. The number of aliphatic carboxylic acids is 1. The zero-order valence-electron chi connectivity index (χ0n) is 15.7. The highest BCUT2D eigenvalue weighted by molar-refractivity contribution is 5.89. The molecule has 0 radical (unpaired) electrons. The van der Waals surface area contributed by atoms with Gasteiger partial charge >= 0.3 is 12.1 Å². The number of aromatic nitrogens is 1. The van der Waals surface area contributed by atoms with Gasteiger partial charge in [0, 0.05) is 17.3 Å². The van der Waals surface area contributed by atoms with E-state index in [4.69, 9.17) is 5.73 Å². The molecular weight excluding hydrogens is 399 g/mol. The van der Waals surface area contributed by atoms with Crippen LogP contribution in [0.1, 0.15) is 16.8 Å². The summed E-state index contributed by atoms with van der Waals surface area (Å²) in [7, 11) is 0. The van der Waals surface area contributed by atoms with Crippen molar-refractivity contribution in [2.45, 2.75) is 31.1 Å². The van der Waals surface area contributed by atoms with E-state index in [1.165, 1.54) is 12.1 Å². The lowest BCUT2D eigenvalue weighted by Gasteiger charge is -2.19. The minimum Gasteiger partial charge on any atom is -0.480 e. The van der Waals surface area contributed by atoms with Gasteiger partial charge in [-0.1, -0.05) is 48.5 Å². The number of carboxylic acid groups (broad SMARTS) is 1. The number of carbonyl (C=O) groups excluding carboxylic acids is 1. The smallest absolute Gasteiger partial charge is 0.431 e. The molecule has 1 aromatic heterocycles. The third-order valence-corrected chi connectivity index (χ3v) is 4.76. The summed E-state index contributed by atoms with van der Waals surface area (Å²) in [6.07, 6.45) is -5.08. The molecule has 2 unspecified atom stereocenters. The Balaban J connectivity index is 1.83. The van der Waals surface area contributed by atoms with E-state index >= 15 is 0 Å². The highest BCUT2D eigenvalue weighted by Crippen LogP contribution is 2.36. The molecule has 0 bridgehead atoms. The van der Waals surface area contributed by atoms with Gasteiger partial charge in [0.2, 0.25) is 5.91 Å². The van der Waals surface area contributed by atoms with Crippen molar-refractivity contribution in [1.29, 1.82) is 0 Å². The van der Waals surface area contributed by atoms with Gasteiger partial charge in [-0.15, -0.1) is 0 Å². The summed E-state index contributed by atoms with van der Waals surface area (Å²) in [5.41, 5.74) is 5.63. The lowest BCUT2D eigenvalue weighted by atomic mass is 10.0. The number of amides is 1. The monoisotopic (exact) mass is 419 g/mol. The Hall–Kier alpha value is -3.33. The first-order valence-corrected chi connectivity index (χ1v) is 9.16. The summed E-state index contributed by atoms with van der Waals surface area (Å²) in [6.45, 7) is 0. The van der Waals surface area contributed by atoms with Gasteiger partial charge < -0.3 is 21.1 Å². The number of rotatable bonds is 7. The Morgan fingerprint density at radius 2 is 1.67 bits per heavy atom. The van der Waals surface area contributed by atoms with Crippen molar-refractivity contribution in [1.82, 2.24) is 10.3 Å². The average molecular weight is 419 g/mol. The minimum atomic E-state index is -4.70. The molecule has 3 rings (SSSR count). The number of para-hydroxylation sites is 1. The molecule has 30 heavy (non-hydrogen) atoms. The van der Waals surface area contributed by atoms with E-state index in [1.807, 2.05) is 0 Å². The van der Waals surface area contributed by atoms with Gasteiger partial charge in [0.15, 0.2) is 0 Å². The molecule has 1 amide bonds. The standard InChI is InChI=1S/C21H20F3N3O3/c22-21(23,24)18-14(13-8-4-5-9-16(13)26-18)11-17(20(29)30)27-19(28)15(25)10-12-6-2-1-3-7-12/h1-9,15,17,26H,10-11,25H2,(H,27,28)(H,29,30). The predicted octanol–water partition coefficient (Wildman–Crippen LogP) is 2.87. The molecule has 0 saturated heterocycles. The third kappa shape index (κ3) is 4.80. The van der Waals surface area contributed by atoms with Gasteiger partial charge in [-0.05, 0) is 23.6 Å². The summed E-state index contributed by atoms with van der Waals surface area (Å²) in [4.78, 5) is 26.4.